The molecule has 0 saturated heterocycles. The summed E-state index contributed by atoms with van der Waals surface area (Å²) in [5.74, 6) is 1.74. The number of benzene rings is 1. The lowest BCUT2D eigenvalue weighted by atomic mass is 10.3. The van der Waals surface area contributed by atoms with Gasteiger partial charge in [-0.25, -0.2) is 14.4 Å². The molecule has 0 atom stereocenters. The Morgan fingerprint density at radius 2 is 2.05 bits per heavy atom. The predicted octanol–water partition coefficient (Wildman–Crippen LogP) is 3.47. The number of nitrogen functional groups attached to an aromatic ring is 1. The van der Waals surface area contributed by atoms with Crippen molar-refractivity contribution in [2.75, 3.05) is 11.1 Å². The molecular formula is C13H12ClFN4. The number of rotatable bonds is 3. The molecule has 0 unspecified atom stereocenters. The first kappa shape index (κ1) is 12.2. The van der Waals surface area contributed by atoms with Gasteiger partial charge in [-0.3, -0.25) is 0 Å². The van der Waals surface area contributed by atoms with Crippen molar-refractivity contribution in [2.45, 2.75) is 18.8 Å². The highest BCUT2D eigenvalue weighted by Crippen LogP contribution is 2.38. The fourth-order valence-electron chi connectivity index (χ4n) is 1.80. The van der Waals surface area contributed by atoms with Crippen LogP contribution in [0.5, 0.6) is 0 Å². The van der Waals surface area contributed by atoms with E-state index in [1.54, 1.807) is 12.1 Å². The van der Waals surface area contributed by atoms with Gasteiger partial charge < -0.3 is 11.1 Å². The first-order valence-corrected chi connectivity index (χ1v) is 6.36. The van der Waals surface area contributed by atoms with Gasteiger partial charge in [-0.1, -0.05) is 11.6 Å². The van der Waals surface area contributed by atoms with Crippen LogP contribution >= 0.6 is 11.6 Å². The predicted molar refractivity (Wildman–Crippen MR) is 73.1 cm³/mol. The summed E-state index contributed by atoms with van der Waals surface area (Å²) in [7, 11) is 0. The largest absolute Gasteiger partial charge is 0.384 e. The molecule has 1 aliphatic carbocycles. The van der Waals surface area contributed by atoms with E-state index < -0.39 is 5.82 Å². The van der Waals surface area contributed by atoms with Gasteiger partial charge in [-0.15, -0.1) is 0 Å². The Bertz CT molecular complexity index is 628. The van der Waals surface area contributed by atoms with Gasteiger partial charge in [0.2, 0.25) is 0 Å². The zero-order valence-corrected chi connectivity index (χ0v) is 10.8. The molecule has 0 amide bonds. The summed E-state index contributed by atoms with van der Waals surface area (Å²) in [6.07, 6.45) is 2.20. The van der Waals surface area contributed by atoms with E-state index in [0.29, 0.717) is 23.2 Å². The molecule has 0 spiro atoms. The van der Waals surface area contributed by atoms with Crippen molar-refractivity contribution in [1.82, 2.24) is 9.97 Å². The Hall–Kier alpha value is -1.88. The maximum Gasteiger partial charge on any atom is 0.141 e. The van der Waals surface area contributed by atoms with Gasteiger partial charge in [0.15, 0.2) is 0 Å². The topological polar surface area (TPSA) is 63.8 Å². The van der Waals surface area contributed by atoms with Crippen LogP contribution in [-0.2, 0) is 0 Å². The molecule has 0 aliphatic heterocycles. The Labute approximate surface area is 114 Å². The molecule has 1 aliphatic rings. The molecule has 98 valence electrons. The van der Waals surface area contributed by atoms with E-state index in [9.17, 15) is 4.39 Å². The van der Waals surface area contributed by atoms with Crippen LogP contribution in [0.2, 0.25) is 5.02 Å². The summed E-state index contributed by atoms with van der Waals surface area (Å²) in [4.78, 5) is 8.61. The minimum atomic E-state index is -0.451. The van der Waals surface area contributed by atoms with Crippen LogP contribution in [0.25, 0.3) is 0 Å². The number of aromatic nitrogens is 2. The molecule has 1 heterocycles. The second kappa shape index (κ2) is 4.66. The van der Waals surface area contributed by atoms with Crippen LogP contribution in [0.4, 0.5) is 21.7 Å². The first-order valence-electron chi connectivity index (χ1n) is 5.98. The van der Waals surface area contributed by atoms with Crippen LogP contribution in [0.3, 0.4) is 0 Å². The molecule has 19 heavy (non-hydrogen) atoms. The van der Waals surface area contributed by atoms with Crippen LogP contribution in [0.1, 0.15) is 24.6 Å². The lowest BCUT2D eigenvalue weighted by Crippen LogP contribution is -2.02. The molecule has 1 aromatic heterocycles. The van der Waals surface area contributed by atoms with Gasteiger partial charge in [0, 0.05) is 17.7 Å². The summed E-state index contributed by atoms with van der Waals surface area (Å²) in [5.41, 5.74) is 6.41. The number of hydrogen-bond acceptors (Lipinski definition) is 4. The van der Waals surface area contributed by atoms with Crippen LogP contribution in [0, 0.1) is 5.82 Å². The molecule has 6 heteroatoms. The molecule has 0 bridgehead atoms. The number of halogens is 2. The normalized spacial score (nSPS) is 14.4. The number of nitrogens with two attached hydrogens (primary N) is 1. The van der Waals surface area contributed by atoms with Crippen molar-refractivity contribution >= 4 is 28.9 Å². The fourth-order valence-corrected chi connectivity index (χ4v) is 1.98. The van der Waals surface area contributed by atoms with Crippen molar-refractivity contribution < 1.29 is 4.39 Å². The van der Waals surface area contributed by atoms with Crippen molar-refractivity contribution in [2.24, 2.45) is 0 Å². The zero-order valence-electron chi connectivity index (χ0n) is 10.0. The van der Waals surface area contributed by atoms with Crippen molar-refractivity contribution in [3.63, 3.8) is 0 Å². The van der Waals surface area contributed by atoms with Crippen molar-refractivity contribution in [3.8, 4) is 0 Å². The standard InChI is InChI=1S/C13H12ClFN4/c14-9-5-8(3-4-10(9)15)17-12-6-11(16)18-13(19-12)7-1-2-7/h3-7H,1-2H2,(H3,16,17,18,19). The summed E-state index contributed by atoms with van der Waals surface area (Å²) in [6, 6.07) is 6.04. The highest BCUT2D eigenvalue weighted by Gasteiger charge is 2.27. The number of nitrogens with zero attached hydrogens (tertiary/aromatic N) is 2. The third-order valence-electron chi connectivity index (χ3n) is 2.90. The van der Waals surface area contributed by atoms with E-state index >= 15 is 0 Å². The summed E-state index contributed by atoms with van der Waals surface area (Å²) >= 11 is 5.73. The molecule has 3 rings (SSSR count). The van der Waals surface area contributed by atoms with E-state index in [2.05, 4.69) is 15.3 Å². The molecule has 3 N–H and O–H groups in total. The molecule has 1 aromatic carbocycles. The van der Waals surface area contributed by atoms with Crippen molar-refractivity contribution in [1.29, 1.82) is 0 Å². The maximum atomic E-state index is 13.1. The van der Waals surface area contributed by atoms with Crippen LogP contribution in [-0.4, -0.2) is 9.97 Å². The molecular weight excluding hydrogens is 267 g/mol. The Morgan fingerprint density at radius 3 is 2.74 bits per heavy atom. The third-order valence-corrected chi connectivity index (χ3v) is 3.19. The average Bonchev–Trinajstić information content (AvgIpc) is 3.17. The smallest absolute Gasteiger partial charge is 0.141 e. The molecule has 1 fully saturated rings. The minimum absolute atomic E-state index is 0.0643. The van der Waals surface area contributed by atoms with Crippen molar-refractivity contribution in [3.05, 3.63) is 40.9 Å². The highest BCUT2D eigenvalue weighted by molar-refractivity contribution is 6.31. The van der Waals surface area contributed by atoms with E-state index in [1.165, 1.54) is 12.1 Å². The number of hydrogen-bond donors (Lipinski definition) is 2. The Balaban J connectivity index is 1.87. The van der Waals surface area contributed by atoms with E-state index in [4.69, 9.17) is 17.3 Å². The SMILES string of the molecule is Nc1cc(Nc2ccc(F)c(Cl)c2)nc(C2CC2)n1. The summed E-state index contributed by atoms with van der Waals surface area (Å²) in [6.45, 7) is 0. The molecule has 4 nitrogen and oxygen atoms in total. The van der Waals surface area contributed by atoms with Gasteiger partial charge in [0.1, 0.15) is 23.3 Å². The molecule has 0 radical (unpaired) electrons. The first-order chi connectivity index (χ1) is 9.11. The van der Waals surface area contributed by atoms with Crippen LogP contribution < -0.4 is 11.1 Å². The van der Waals surface area contributed by atoms with E-state index in [-0.39, 0.29) is 5.02 Å². The lowest BCUT2D eigenvalue weighted by Gasteiger charge is -2.08. The maximum absolute atomic E-state index is 13.1. The minimum Gasteiger partial charge on any atom is -0.384 e. The van der Waals surface area contributed by atoms with Gasteiger partial charge in [0.05, 0.1) is 5.02 Å². The summed E-state index contributed by atoms with van der Waals surface area (Å²) < 4.78 is 13.1. The molecule has 1 saturated carbocycles. The second-order valence-electron chi connectivity index (χ2n) is 4.56. The highest BCUT2D eigenvalue weighted by atomic mass is 35.5. The number of anilines is 3. The van der Waals surface area contributed by atoms with Gasteiger partial charge >= 0.3 is 0 Å². The Kier molecular flexibility index (Phi) is 2.98. The van der Waals surface area contributed by atoms with Gasteiger partial charge in [-0.2, -0.15) is 0 Å². The quantitative estimate of drug-likeness (QED) is 0.902. The average molecular weight is 279 g/mol. The Morgan fingerprint density at radius 1 is 1.26 bits per heavy atom. The van der Waals surface area contributed by atoms with Crippen LogP contribution in [0.15, 0.2) is 24.3 Å². The third kappa shape index (κ3) is 2.76. The van der Waals surface area contributed by atoms with E-state index in [1.807, 2.05) is 0 Å². The van der Waals surface area contributed by atoms with E-state index in [0.717, 1.165) is 18.7 Å². The number of nitrogens with one attached hydrogen (secondary N) is 1. The zero-order chi connectivity index (χ0) is 13.4. The second-order valence-corrected chi connectivity index (χ2v) is 4.97. The summed E-state index contributed by atoms with van der Waals surface area (Å²) in [5, 5.41) is 3.12. The van der Waals surface area contributed by atoms with Gasteiger partial charge in [-0.05, 0) is 31.0 Å². The lowest BCUT2D eigenvalue weighted by molar-refractivity contribution is 0.628. The van der Waals surface area contributed by atoms with Gasteiger partial charge in [0.25, 0.3) is 0 Å². The fraction of sp³-hybridized carbons (Fsp3) is 0.231. The monoisotopic (exact) mass is 278 g/mol. The molecule has 2 aromatic rings.